The number of anilines is 1. The maximum atomic E-state index is 13.1. The van der Waals surface area contributed by atoms with Gasteiger partial charge in [0.1, 0.15) is 0 Å². The lowest BCUT2D eigenvalue weighted by Crippen LogP contribution is -2.14. The quantitative estimate of drug-likeness (QED) is 0.693. The summed E-state index contributed by atoms with van der Waals surface area (Å²) in [5.41, 5.74) is 0.735. The number of hydrogen-bond acceptors (Lipinski definition) is 2. The minimum absolute atomic E-state index is 0.119. The molecule has 0 atom stereocenters. The Morgan fingerprint density at radius 1 is 0.957 bits per heavy atom. The molecule has 3 rings (SSSR count). The van der Waals surface area contributed by atoms with Crippen molar-refractivity contribution in [2.45, 2.75) is 4.90 Å². The first-order chi connectivity index (χ1) is 11.1. The molecule has 5 heteroatoms. The van der Waals surface area contributed by atoms with Crippen LogP contribution in [0.3, 0.4) is 0 Å². The molecule has 0 heterocycles. The highest BCUT2D eigenvalue weighted by molar-refractivity contribution is 8.00. The van der Waals surface area contributed by atoms with Crippen molar-refractivity contribution >= 4 is 34.1 Å². The van der Waals surface area contributed by atoms with E-state index >= 15 is 0 Å². The van der Waals surface area contributed by atoms with Crippen molar-refractivity contribution in [1.82, 2.24) is 0 Å². The van der Waals surface area contributed by atoms with Crippen LogP contribution < -0.4 is 5.32 Å². The molecule has 0 aliphatic carbocycles. The van der Waals surface area contributed by atoms with Crippen LogP contribution in [-0.4, -0.2) is 11.7 Å². The first kappa shape index (κ1) is 15.5. The summed E-state index contributed by atoms with van der Waals surface area (Å²) in [6, 6.07) is 17.0. The Morgan fingerprint density at radius 3 is 2.57 bits per heavy atom. The first-order valence-corrected chi connectivity index (χ1v) is 7.97. The number of carbonyl (C=O) groups is 1. The van der Waals surface area contributed by atoms with E-state index in [2.05, 4.69) is 5.32 Å². The summed E-state index contributed by atoms with van der Waals surface area (Å²) in [6.45, 7) is 0. The molecule has 0 fully saturated rings. The van der Waals surface area contributed by atoms with E-state index in [1.54, 1.807) is 0 Å². The minimum Gasteiger partial charge on any atom is -0.325 e. The molecule has 0 unspecified atom stereocenters. The maximum Gasteiger partial charge on any atom is 0.234 e. The number of amides is 1. The largest absolute Gasteiger partial charge is 0.325 e. The van der Waals surface area contributed by atoms with Crippen molar-refractivity contribution in [3.8, 4) is 0 Å². The molecule has 0 bridgehead atoms. The SMILES string of the molecule is O=C(CSc1ccc(F)c(F)c1)Nc1cccc2ccccc12. The van der Waals surface area contributed by atoms with Crippen LogP contribution in [0, 0.1) is 11.6 Å². The lowest BCUT2D eigenvalue weighted by Gasteiger charge is -2.08. The fraction of sp³-hybridized carbons (Fsp3) is 0.0556. The third-order valence-electron chi connectivity index (χ3n) is 3.32. The van der Waals surface area contributed by atoms with Gasteiger partial charge in [-0.25, -0.2) is 8.78 Å². The van der Waals surface area contributed by atoms with Gasteiger partial charge < -0.3 is 5.32 Å². The Bertz CT molecular complexity index is 861. The summed E-state index contributed by atoms with van der Waals surface area (Å²) < 4.78 is 26.0. The van der Waals surface area contributed by atoms with Crippen molar-refractivity contribution in [1.29, 1.82) is 0 Å². The second-order valence-electron chi connectivity index (χ2n) is 4.94. The number of halogens is 2. The third kappa shape index (κ3) is 3.68. The summed E-state index contributed by atoms with van der Waals surface area (Å²) in [6.07, 6.45) is 0. The normalized spacial score (nSPS) is 10.7. The fourth-order valence-electron chi connectivity index (χ4n) is 2.24. The minimum atomic E-state index is -0.913. The van der Waals surface area contributed by atoms with Crippen LogP contribution in [0.5, 0.6) is 0 Å². The van der Waals surface area contributed by atoms with E-state index < -0.39 is 11.6 Å². The third-order valence-corrected chi connectivity index (χ3v) is 4.32. The summed E-state index contributed by atoms with van der Waals surface area (Å²) in [5, 5.41) is 4.85. The van der Waals surface area contributed by atoms with Crippen molar-refractivity contribution in [2.24, 2.45) is 0 Å². The van der Waals surface area contributed by atoms with Crippen molar-refractivity contribution in [3.05, 3.63) is 72.3 Å². The molecule has 0 aliphatic rings. The van der Waals surface area contributed by atoms with E-state index in [0.29, 0.717) is 4.90 Å². The molecule has 0 saturated carbocycles. The molecular formula is C18H13F2NOS. The van der Waals surface area contributed by atoms with Gasteiger partial charge in [0.05, 0.1) is 5.75 Å². The molecule has 3 aromatic carbocycles. The van der Waals surface area contributed by atoms with Gasteiger partial charge in [-0.1, -0.05) is 36.4 Å². The molecule has 1 amide bonds. The number of nitrogens with one attached hydrogen (secondary N) is 1. The monoisotopic (exact) mass is 329 g/mol. The van der Waals surface area contributed by atoms with Gasteiger partial charge in [-0.15, -0.1) is 11.8 Å². The fourth-order valence-corrected chi connectivity index (χ4v) is 2.96. The second kappa shape index (κ2) is 6.79. The van der Waals surface area contributed by atoms with Gasteiger partial charge in [-0.05, 0) is 29.7 Å². The highest BCUT2D eigenvalue weighted by Gasteiger charge is 2.08. The molecule has 0 radical (unpaired) electrons. The van der Waals surface area contributed by atoms with Crippen molar-refractivity contribution in [2.75, 3.05) is 11.1 Å². The lowest BCUT2D eigenvalue weighted by molar-refractivity contribution is -0.113. The molecule has 116 valence electrons. The zero-order chi connectivity index (χ0) is 16.2. The second-order valence-corrected chi connectivity index (χ2v) is 5.99. The number of hydrogen-bond donors (Lipinski definition) is 1. The summed E-state index contributed by atoms with van der Waals surface area (Å²) >= 11 is 1.16. The van der Waals surface area contributed by atoms with Crippen LogP contribution >= 0.6 is 11.8 Å². The Balaban J connectivity index is 1.68. The molecule has 0 saturated heterocycles. The number of fused-ring (bicyclic) bond motifs is 1. The molecule has 23 heavy (non-hydrogen) atoms. The average Bonchev–Trinajstić information content (AvgIpc) is 2.56. The van der Waals surface area contributed by atoms with Gasteiger partial charge >= 0.3 is 0 Å². The van der Waals surface area contributed by atoms with Gasteiger partial charge in [0.15, 0.2) is 11.6 Å². The predicted molar refractivity (Wildman–Crippen MR) is 89.7 cm³/mol. The number of benzene rings is 3. The van der Waals surface area contributed by atoms with E-state index in [9.17, 15) is 13.6 Å². The van der Waals surface area contributed by atoms with E-state index in [-0.39, 0.29) is 11.7 Å². The van der Waals surface area contributed by atoms with Gasteiger partial charge in [-0.2, -0.15) is 0 Å². The molecule has 0 spiro atoms. The van der Waals surface area contributed by atoms with E-state index in [0.717, 1.165) is 40.4 Å². The lowest BCUT2D eigenvalue weighted by atomic mass is 10.1. The first-order valence-electron chi connectivity index (χ1n) is 6.99. The topological polar surface area (TPSA) is 29.1 Å². The van der Waals surface area contributed by atoms with Crippen LogP contribution in [-0.2, 0) is 4.79 Å². The standard InChI is InChI=1S/C18H13F2NOS/c19-15-9-8-13(10-16(15)20)23-11-18(22)21-17-7-3-5-12-4-1-2-6-14(12)17/h1-10H,11H2,(H,21,22). The van der Waals surface area contributed by atoms with Crippen LogP contribution in [0.4, 0.5) is 14.5 Å². The summed E-state index contributed by atoms with van der Waals surface area (Å²) in [4.78, 5) is 12.6. The van der Waals surface area contributed by atoms with Crippen molar-refractivity contribution < 1.29 is 13.6 Å². The van der Waals surface area contributed by atoms with Crippen LogP contribution in [0.25, 0.3) is 10.8 Å². The Labute approximate surface area is 136 Å². The van der Waals surface area contributed by atoms with E-state index in [1.807, 2.05) is 42.5 Å². The molecular weight excluding hydrogens is 316 g/mol. The van der Waals surface area contributed by atoms with Crippen molar-refractivity contribution in [3.63, 3.8) is 0 Å². The highest BCUT2D eigenvalue weighted by atomic mass is 32.2. The van der Waals surface area contributed by atoms with Crippen LogP contribution in [0.15, 0.2) is 65.6 Å². The maximum absolute atomic E-state index is 13.1. The average molecular weight is 329 g/mol. The zero-order valence-corrected chi connectivity index (χ0v) is 12.9. The van der Waals surface area contributed by atoms with Gasteiger partial charge in [0, 0.05) is 16.0 Å². The van der Waals surface area contributed by atoms with E-state index in [4.69, 9.17) is 0 Å². The smallest absolute Gasteiger partial charge is 0.234 e. The predicted octanol–water partition coefficient (Wildman–Crippen LogP) is 4.85. The van der Waals surface area contributed by atoms with Gasteiger partial charge in [-0.3, -0.25) is 4.79 Å². The Morgan fingerprint density at radius 2 is 1.74 bits per heavy atom. The number of thioether (sulfide) groups is 1. The molecule has 0 aliphatic heterocycles. The van der Waals surface area contributed by atoms with Gasteiger partial charge in [0.25, 0.3) is 0 Å². The summed E-state index contributed by atoms with van der Waals surface area (Å²) in [5.74, 6) is -1.89. The molecule has 3 aromatic rings. The highest BCUT2D eigenvalue weighted by Crippen LogP contribution is 2.24. The Kier molecular flexibility index (Phi) is 4.57. The van der Waals surface area contributed by atoms with E-state index in [1.165, 1.54) is 6.07 Å². The van der Waals surface area contributed by atoms with Crippen LogP contribution in [0.2, 0.25) is 0 Å². The molecule has 0 aromatic heterocycles. The number of rotatable bonds is 4. The molecule has 1 N–H and O–H groups in total. The summed E-state index contributed by atoms with van der Waals surface area (Å²) in [7, 11) is 0. The number of carbonyl (C=O) groups excluding carboxylic acids is 1. The van der Waals surface area contributed by atoms with Crippen LogP contribution in [0.1, 0.15) is 0 Å². The molecule has 2 nitrogen and oxygen atoms in total. The Hall–Kier alpha value is -2.40. The van der Waals surface area contributed by atoms with Gasteiger partial charge in [0.2, 0.25) is 5.91 Å². The zero-order valence-electron chi connectivity index (χ0n) is 12.1.